The van der Waals surface area contributed by atoms with Crippen LogP contribution in [-0.2, 0) is 19.2 Å². The van der Waals surface area contributed by atoms with Crippen LogP contribution in [0.2, 0.25) is 0 Å². The molecule has 1 aromatic carbocycles. The Labute approximate surface area is 421 Å². The number of unbranched alkanes of at least 4 members (excludes halogenated alkanes) is 2. The number of hydrogen-bond acceptors (Lipinski definition) is 14. The number of nitrogens with one attached hydrogen (secondary N) is 4. The molecule has 71 heavy (non-hydrogen) atoms. The van der Waals surface area contributed by atoms with Gasteiger partial charge in [0.25, 0.3) is 0 Å². The lowest BCUT2D eigenvalue weighted by atomic mass is 9.85. The molecule has 8 rings (SSSR count). The Morgan fingerprint density at radius 2 is 1.68 bits per heavy atom. The van der Waals surface area contributed by atoms with Crippen molar-refractivity contribution in [3.8, 4) is 38.5 Å². The molecule has 2 aliphatic rings. The maximum atomic E-state index is 14.1. The highest BCUT2D eigenvalue weighted by Gasteiger charge is 2.44. The summed E-state index contributed by atoms with van der Waals surface area (Å²) in [5, 5.41) is 47.7. The number of aromatic nitrogens is 6. The molecule has 0 bridgehead atoms. The zero-order chi connectivity index (χ0) is 50.4. The molecule has 19 heteroatoms. The van der Waals surface area contributed by atoms with Crippen LogP contribution in [0.4, 0.5) is 5.69 Å². The average Bonchev–Trinajstić information content (AvgIpc) is 4.20. The monoisotopic (exact) mass is 998 g/mol. The Balaban J connectivity index is 0.753. The van der Waals surface area contributed by atoms with Crippen LogP contribution in [0.15, 0.2) is 66.4 Å². The maximum absolute atomic E-state index is 14.1. The third-order valence-electron chi connectivity index (χ3n) is 13.5. The summed E-state index contributed by atoms with van der Waals surface area (Å²) < 4.78 is 1.77. The van der Waals surface area contributed by atoms with Gasteiger partial charge in [-0.15, -0.1) is 21.5 Å². The van der Waals surface area contributed by atoms with Crippen LogP contribution in [0.1, 0.15) is 126 Å². The Kier molecular flexibility index (Phi) is 15.9. The smallest absolute Gasteiger partial charge is 0.246 e. The molecular formula is C52H62N12O5S2. The molecule has 0 spiro atoms. The summed E-state index contributed by atoms with van der Waals surface area (Å²) in [6.45, 7) is 9.46. The lowest BCUT2D eigenvalue weighted by Gasteiger charge is -2.35. The van der Waals surface area contributed by atoms with Gasteiger partial charge in [-0.2, -0.15) is 10.4 Å². The lowest BCUT2D eigenvalue weighted by molar-refractivity contribution is -0.144. The summed E-state index contributed by atoms with van der Waals surface area (Å²) in [7, 11) is 1.86. The normalized spacial score (nSPS) is 18.9. The molecule has 0 unspecified atom stereocenters. The fraction of sp³-hybridized carbons (Fsp3) is 0.462. The Bertz CT molecular complexity index is 2910. The second-order valence-corrected chi connectivity index (χ2v) is 21.6. The number of carbonyl (C=O) groups excluding carboxylic acids is 4. The zero-order valence-corrected chi connectivity index (χ0v) is 42.7. The van der Waals surface area contributed by atoms with E-state index in [9.17, 15) is 29.5 Å². The summed E-state index contributed by atoms with van der Waals surface area (Å²) in [5.41, 5.74) is 8.63. The number of likely N-dealkylation sites (tertiary alicyclic amines) is 1. The van der Waals surface area contributed by atoms with Crippen LogP contribution in [0.3, 0.4) is 0 Å². The minimum absolute atomic E-state index is 0.00145. The molecule has 2 fully saturated rings. The number of aliphatic hydroxyl groups excluding tert-OH is 1. The van der Waals surface area contributed by atoms with Crippen molar-refractivity contribution in [1.82, 2.24) is 50.6 Å². The van der Waals surface area contributed by atoms with Gasteiger partial charge in [0.05, 0.1) is 62.5 Å². The van der Waals surface area contributed by atoms with E-state index in [0.717, 1.165) is 85.6 Å². The Morgan fingerprint density at radius 3 is 2.37 bits per heavy atom. The molecule has 1 aliphatic carbocycles. The van der Waals surface area contributed by atoms with Crippen LogP contribution in [0.5, 0.6) is 0 Å². The number of aliphatic hydroxyl groups is 1. The number of amides is 4. The van der Waals surface area contributed by atoms with E-state index in [1.165, 1.54) is 11.1 Å². The number of nitriles is 1. The first-order valence-corrected chi connectivity index (χ1v) is 26.1. The fourth-order valence-electron chi connectivity index (χ4n) is 9.52. The minimum atomic E-state index is -0.913. The lowest BCUT2D eigenvalue weighted by Crippen LogP contribution is -2.57. The predicted octanol–water partition coefficient (Wildman–Crippen LogP) is 7.72. The van der Waals surface area contributed by atoms with Crippen molar-refractivity contribution >= 4 is 57.5 Å². The summed E-state index contributed by atoms with van der Waals surface area (Å²) in [6.07, 6.45) is 8.46. The van der Waals surface area contributed by atoms with Crippen LogP contribution in [-0.4, -0.2) is 101 Å². The zero-order valence-electron chi connectivity index (χ0n) is 41.1. The van der Waals surface area contributed by atoms with Crippen LogP contribution >= 0.6 is 22.7 Å². The summed E-state index contributed by atoms with van der Waals surface area (Å²) >= 11 is 3.14. The fourth-order valence-corrected chi connectivity index (χ4v) is 11.4. The molecule has 17 nitrogen and oxygen atoms in total. The first-order valence-electron chi connectivity index (χ1n) is 24.4. The second kappa shape index (κ2) is 22.2. The van der Waals surface area contributed by atoms with Crippen molar-refractivity contribution < 1.29 is 24.3 Å². The number of carbonyl (C=O) groups is 4. The van der Waals surface area contributed by atoms with Gasteiger partial charge >= 0.3 is 0 Å². The number of thiazole rings is 1. The number of benzene rings is 1. The molecule has 1 aliphatic heterocycles. The minimum Gasteiger partial charge on any atom is -0.391 e. The third-order valence-corrected chi connectivity index (χ3v) is 15.6. The topological polar surface area (TPSA) is 233 Å². The second-order valence-electron chi connectivity index (χ2n) is 19.8. The standard InChI is InChI=1S/C52H62N12O5S2/c1-30(33-12-14-34(15-13-33)46-31(2)56-29-70-46)58-48(68)43-23-38(65)28-63(43)51(69)47(52(3,4)5)60-45(67)11-9-7-8-10-44(66)59-36-18-16-35(17-19-36)49-61-62-50(71-49)39-27-55-41(24-40(39)54-6)42-21-20-37-22-32(25-53)26-57-64(37)42/h12-15,20-22,24,26-27,29-30,35-36,38,43,47,65H,7-11,16-19,23,28H2,1-6H3,(H,54,55)(H,58,68)(H,59,66)(H,60,67)/t30-,35?,36?,38+,43-,47+/m0/s1. The molecule has 5 N–H and O–H groups in total. The molecule has 4 amide bonds. The Hall–Kier alpha value is -6.62. The van der Waals surface area contributed by atoms with Gasteiger partial charge in [-0.05, 0) is 93.2 Å². The predicted molar refractivity (Wildman–Crippen MR) is 274 cm³/mol. The average molecular weight is 999 g/mol. The van der Waals surface area contributed by atoms with E-state index in [1.54, 1.807) is 39.5 Å². The first-order chi connectivity index (χ1) is 34.1. The number of anilines is 1. The van der Waals surface area contributed by atoms with Crippen molar-refractivity contribution in [1.29, 1.82) is 5.26 Å². The number of nitrogens with zero attached hydrogens (tertiary/aromatic N) is 8. The van der Waals surface area contributed by atoms with Crippen LogP contribution in [0, 0.1) is 23.7 Å². The van der Waals surface area contributed by atoms with Gasteiger partial charge in [-0.25, -0.2) is 9.50 Å². The van der Waals surface area contributed by atoms with Gasteiger partial charge in [0, 0.05) is 56.7 Å². The number of hydrogen-bond donors (Lipinski definition) is 5. The molecule has 4 atom stereocenters. The summed E-state index contributed by atoms with van der Waals surface area (Å²) in [6, 6.07) is 15.6. The SMILES string of the molecule is CNc1cc(-c2ccc3cc(C#N)cnn23)ncc1-c1nnc(C2CCC(NC(=O)CCCCCC(=O)N[C@H](C(=O)N3C[C@H](O)C[C@H]3C(=O)N[C@@H](C)c3ccc(-c4scnc4C)cc3)C(C)(C)C)CC2)s1. The largest absolute Gasteiger partial charge is 0.391 e. The van der Waals surface area contributed by atoms with Crippen LogP contribution in [0.25, 0.3) is 37.9 Å². The molecular weight excluding hydrogens is 937 g/mol. The van der Waals surface area contributed by atoms with E-state index in [2.05, 4.69) is 47.6 Å². The molecule has 6 heterocycles. The molecule has 372 valence electrons. The van der Waals surface area contributed by atoms with Crippen molar-refractivity contribution in [3.63, 3.8) is 0 Å². The Morgan fingerprint density at radius 1 is 0.930 bits per heavy atom. The molecule has 5 aromatic heterocycles. The quantitative estimate of drug-likeness (QED) is 0.0553. The van der Waals surface area contributed by atoms with E-state index in [-0.39, 0.29) is 55.1 Å². The van der Waals surface area contributed by atoms with Crippen molar-refractivity contribution in [2.45, 2.75) is 135 Å². The number of fused-ring (bicyclic) bond motifs is 1. The molecule has 0 radical (unpaired) electrons. The highest BCUT2D eigenvalue weighted by atomic mass is 32.1. The van der Waals surface area contributed by atoms with E-state index in [1.807, 2.05) is 89.6 Å². The molecule has 1 saturated heterocycles. The van der Waals surface area contributed by atoms with E-state index >= 15 is 0 Å². The molecule has 6 aromatic rings. The number of β-amino-alcohol motifs (C(OH)–C–C–N with tert-alkyl or cyclic N) is 1. The maximum Gasteiger partial charge on any atom is 0.246 e. The van der Waals surface area contributed by atoms with Crippen molar-refractivity contribution in [3.05, 3.63) is 88.3 Å². The van der Waals surface area contributed by atoms with Gasteiger partial charge in [0.1, 0.15) is 23.2 Å². The highest BCUT2D eigenvalue weighted by Crippen LogP contribution is 2.39. The number of aryl methyl sites for hydroxylation is 1. The number of pyridine rings is 1. The number of rotatable bonds is 17. The van der Waals surface area contributed by atoms with E-state index in [0.29, 0.717) is 31.2 Å². The van der Waals surface area contributed by atoms with Gasteiger partial charge in [0.15, 0.2) is 5.01 Å². The van der Waals surface area contributed by atoms with Gasteiger partial charge in [-0.3, -0.25) is 24.2 Å². The summed E-state index contributed by atoms with van der Waals surface area (Å²) in [5.74, 6) is -0.783. The van der Waals surface area contributed by atoms with E-state index in [4.69, 9.17) is 4.98 Å². The summed E-state index contributed by atoms with van der Waals surface area (Å²) in [4.78, 5) is 65.7. The van der Waals surface area contributed by atoms with Crippen molar-refractivity contribution in [2.75, 3.05) is 18.9 Å². The first kappa shape index (κ1) is 50.8. The third kappa shape index (κ3) is 11.9. The van der Waals surface area contributed by atoms with E-state index < -0.39 is 29.5 Å². The van der Waals surface area contributed by atoms with Crippen LogP contribution < -0.4 is 21.3 Å². The van der Waals surface area contributed by atoms with Gasteiger partial charge < -0.3 is 31.3 Å². The van der Waals surface area contributed by atoms with Gasteiger partial charge in [0.2, 0.25) is 23.6 Å². The van der Waals surface area contributed by atoms with Gasteiger partial charge in [-0.1, -0.05) is 62.8 Å². The molecule has 1 saturated carbocycles. The highest BCUT2D eigenvalue weighted by molar-refractivity contribution is 7.14. The van der Waals surface area contributed by atoms with Crippen molar-refractivity contribution in [2.24, 2.45) is 5.41 Å².